The normalized spacial score (nSPS) is 19.1. The summed E-state index contributed by atoms with van der Waals surface area (Å²) >= 11 is 0. The average Bonchev–Trinajstić information content (AvgIpc) is 2.55. The first-order valence-corrected chi connectivity index (χ1v) is 8.94. The van der Waals surface area contributed by atoms with Gasteiger partial charge < -0.3 is 25.0 Å². The van der Waals surface area contributed by atoms with Crippen molar-refractivity contribution < 1.29 is 41.0 Å². The van der Waals surface area contributed by atoms with Crippen LogP contribution in [0.4, 0.5) is 37.2 Å². The maximum Gasteiger partial charge on any atom is 0.573 e. The zero-order chi connectivity index (χ0) is 22.7. The predicted octanol–water partition coefficient (Wildman–Crippen LogP) is 4.35. The number of anilines is 1. The molecule has 1 aliphatic heterocycles. The molecule has 1 aromatic carbocycles. The standard InChI is InChI=1S/C18H22F5N3O4/c1-16(2,3)30-15(28)25-13-10-26(9-8-17(13,19)20)14(27)24-11-4-6-12(7-5-11)29-18(21,22)23/h4-7,13H,8-10H2,1-3H3,(H,24,27)(H,25,28)/t13-/m0/s1. The van der Waals surface area contributed by atoms with Crippen LogP contribution in [-0.4, -0.2) is 54.0 Å². The molecule has 0 aromatic heterocycles. The number of alkyl carbamates (subject to hydrolysis) is 1. The van der Waals surface area contributed by atoms with Crippen LogP contribution in [0.5, 0.6) is 5.75 Å². The van der Waals surface area contributed by atoms with E-state index in [0.29, 0.717) is 0 Å². The van der Waals surface area contributed by atoms with Gasteiger partial charge in [-0.3, -0.25) is 0 Å². The van der Waals surface area contributed by atoms with Crippen LogP contribution in [0.1, 0.15) is 27.2 Å². The molecule has 1 saturated heterocycles. The topological polar surface area (TPSA) is 79.9 Å². The molecule has 0 saturated carbocycles. The van der Waals surface area contributed by atoms with Gasteiger partial charge in [0, 0.05) is 25.2 Å². The minimum Gasteiger partial charge on any atom is -0.444 e. The van der Waals surface area contributed by atoms with Crippen molar-refractivity contribution in [3.05, 3.63) is 24.3 Å². The fourth-order valence-electron chi connectivity index (χ4n) is 2.63. The molecule has 1 aliphatic rings. The summed E-state index contributed by atoms with van der Waals surface area (Å²) in [5.41, 5.74) is -0.740. The van der Waals surface area contributed by atoms with Crippen molar-refractivity contribution in [2.24, 2.45) is 0 Å². The summed E-state index contributed by atoms with van der Waals surface area (Å²) in [4.78, 5) is 25.3. The Kier molecular flexibility index (Phi) is 6.67. The number of hydrogen-bond donors (Lipinski definition) is 2. The van der Waals surface area contributed by atoms with Gasteiger partial charge in [0.25, 0.3) is 5.92 Å². The monoisotopic (exact) mass is 439 g/mol. The molecule has 0 bridgehead atoms. The molecular weight excluding hydrogens is 417 g/mol. The number of likely N-dealkylation sites (tertiary alicyclic amines) is 1. The molecule has 1 fully saturated rings. The van der Waals surface area contributed by atoms with Crippen LogP contribution in [0.3, 0.4) is 0 Å². The summed E-state index contributed by atoms with van der Waals surface area (Å²) in [5, 5.41) is 4.49. The Morgan fingerprint density at radius 2 is 1.73 bits per heavy atom. The summed E-state index contributed by atoms with van der Waals surface area (Å²) in [6.07, 6.45) is -6.56. The van der Waals surface area contributed by atoms with Crippen molar-refractivity contribution >= 4 is 17.8 Å². The number of carbonyl (C=O) groups excluding carboxylic acids is 2. The largest absolute Gasteiger partial charge is 0.573 e. The number of carbonyl (C=O) groups is 2. The Morgan fingerprint density at radius 3 is 2.27 bits per heavy atom. The Morgan fingerprint density at radius 1 is 1.13 bits per heavy atom. The maximum absolute atomic E-state index is 14.2. The summed E-state index contributed by atoms with van der Waals surface area (Å²) < 4.78 is 73.6. The van der Waals surface area contributed by atoms with E-state index in [1.165, 1.54) is 12.1 Å². The first-order valence-electron chi connectivity index (χ1n) is 8.94. The molecule has 0 aliphatic carbocycles. The molecule has 2 rings (SSSR count). The number of piperidine rings is 1. The first kappa shape index (κ1) is 23.5. The smallest absolute Gasteiger partial charge is 0.444 e. The maximum atomic E-state index is 14.2. The van der Waals surface area contributed by atoms with Crippen molar-refractivity contribution in [3.8, 4) is 5.75 Å². The van der Waals surface area contributed by atoms with E-state index in [0.717, 1.165) is 17.0 Å². The van der Waals surface area contributed by atoms with Crippen LogP contribution in [0.2, 0.25) is 0 Å². The Hall–Kier alpha value is -2.79. The number of halogens is 5. The molecule has 7 nitrogen and oxygen atoms in total. The summed E-state index contributed by atoms with van der Waals surface area (Å²) in [7, 11) is 0. The number of amides is 3. The van der Waals surface area contributed by atoms with Gasteiger partial charge in [0.1, 0.15) is 17.4 Å². The van der Waals surface area contributed by atoms with Crippen molar-refractivity contribution in [1.82, 2.24) is 10.2 Å². The second kappa shape index (κ2) is 8.52. The van der Waals surface area contributed by atoms with Gasteiger partial charge in [-0.2, -0.15) is 0 Å². The van der Waals surface area contributed by atoms with Gasteiger partial charge in [-0.15, -0.1) is 13.2 Å². The second-order valence-electron chi connectivity index (χ2n) is 7.66. The van der Waals surface area contributed by atoms with Crippen LogP contribution >= 0.6 is 0 Å². The van der Waals surface area contributed by atoms with E-state index >= 15 is 0 Å². The van der Waals surface area contributed by atoms with Gasteiger partial charge in [0.2, 0.25) is 0 Å². The number of urea groups is 1. The molecule has 1 atom stereocenters. The van der Waals surface area contributed by atoms with E-state index in [-0.39, 0.29) is 12.2 Å². The van der Waals surface area contributed by atoms with Crippen LogP contribution in [-0.2, 0) is 4.74 Å². The van der Waals surface area contributed by atoms with Crippen molar-refractivity contribution in [1.29, 1.82) is 0 Å². The van der Waals surface area contributed by atoms with E-state index in [4.69, 9.17) is 4.74 Å². The minimum absolute atomic E-state index is 0.142. The van der Waals surface area contributed by atoms with Crippen LogP contribution in [0.15, 0.2) is 24.3 Å². The van der Waals surface area contributed by atoms with Crippen LogP contribution in [0, 0.1) is 0 Å². The number of hydrogen-bond acceptors (Lipinski definition) is 4. The first-order chi connectivity index (χ1) is 13.6. The lowest BCUT2D eigenvalue weighted by molar-refractivity contribution is -0.274. The predicted molar refractivity (Wildman–Crippen MR) is 96.4 cm³/mol. The van der Waals surface area contributed by atoms with Crippen molar-refractivity contribution in [3.63, 3.8) is 0 Å². The molecule has 0 spiro atoms. The van der Waals surface area contributed by atoms with Crippen LogP contribution in [0.25, 0.3) is 0 Å². The quantitative estimate of drug-likeness (QED) is 0.687. The SMILES string of the molecule is CC(C)(C)OC(=O)N[C@H]1CN(C(=O)Nc2ccc(OC(F)(F)F)cc2)CCC1(F)F. The van der Waals surface area contributed by atoms with Gasteiger partial charge in [0.05, 0.1) is 0 Å². The van der Waals surface area contributed by atoms with Gasteiger partial charge in [-0.05, 0) is 45.0 Å². The van der Waals surface area contributed by atoms with Gasteiger partial charge >= 0.3 is 18.5 Å². The van der Waals surface area contributed by atoms with Crippen molar-refractivity contribution in [2.45, 2.75) is 51.1 Å². The van der Waals surface area contributed by atoms with E-state index in [9.17, 15) is 31.5 Å². The number of nitrogens with one attached hydrogen (secondary N) is 2. The number of benzene rings is 1. The molecule has 0 unspecified atom stereocenters. The number of nitrogens with zero attached hydrogens (tertiary/aromatic N) is 1. The highest BCUT2D eigenvalue weighted by Gasteiger charge is 2.46. The lowest BCUT2D eigenvalue weighted by atomic mass is 10.0. The summed E-state index contributed by atoms with van der Waals surface area (Å²) in [5.74, 6) is -3.72. The third-order valence-corrected chi connectivity index (χ3v) is 3.95. The Bertz CT molecular complexity index is 763. The molecule has 1 aromatic rings. The molecular formula is C18H22F5N3O4. The highest BCUT2D eigenvalue weighted by Crippen LogP contribution is 2.29. The summed E-state index contributed by atoms with van der Waals surface area (Å²) in [6, 6.07) is 1.95. The van der Waals surface area contributed by atoms with Gasteiger partial charge in [0.15, 0.2) is 0 Å². The van der Waals surface area contributed by atoms with E-state index in [2.05, 4.69) is 15.4 Å². The third kappa shape index (κ3) is 7.23. The van der Waals surface area contributed by atoms with Crippen LogP contribution < -0.4 is 15.4 Å². The molecule has 1 heterocycles. The molecule has 2 N–H and O–H groups in total. The number of ether oxygens (including phenoxy) is 2. The lowest BCUT2D eigenvalue weighted by Gasteiger charge is -2.38. The van der Waals surface area contributed by atoms with E-state index < -0.39 is 54.8 Å². The number of rotatable bonds is 3. The van der Waals surface area contributed by atoms with E-state index in [1.807, 2.05) is 0 Å². The molecule has 0 radical (unpaired) electrons. The van der Waals surface area contributed by atoms with E-state index in [1.54, 1.807) is 20.8 Å². The van der Waals surface area contributed by atoms with Gasteiger partial charge in [-0.25, -0.2) is 18.4 Å². The number of alkyl halides is 5. The fourth-order valence-corrected chi connectivity index (χ4v) is 2.63. The average molecular weight is 439 g/mol. The second-order valence-corrected chi connectivity index (χ2v) is 7.66. The Balaban J connectivity index is 1.98. The third-order valence-electron chi connectivity index (χ3n) is 3.95. The Labute approximate surface area is 169 Å². The molecule has 168 valence electrons. The summed E-state index contributed by atoms with van der Waals surface area (Å²) in [6.45, 7) is 3.98. The minimum atomic E-state index is -4.85. The highest BCUT2D eigenvalue weighted by atomic mass is 19.4. The lowest BCUT2D eigenvalue weighted by Crippen LogP contribution is -2.60. The molecule has 30 heavy (non-hydrogen) atoms. The molecule has 3 amide bonds. The zero-order valence-corrected chi connectivity index (χ0v) is 16.5. The van der Waals surface area contributed by atoms with Gasteiger partial charge in [-0.1, -0.05) is 0 Å². The molecule has 12 heteroatoms. The zero-order valence-electron chi connectivity index (χ0n) is 16.5. The van der Waals surface area contributed by atoms with Crippen molar-refractivity contribution in [2.75, 3.05) is 18.4 Å². The highest BCUT2D eigenvalue weighted by molar-refractivity contribution is 5.89. The fraction of sp³-hybridized carbons (Fsp3) is 0.556.